The number of fused-ring (bicyclic) bond motifs is 5. The van der Waals surface area contributed by atoms with E-state index in [9.17, 15) is 4.79 Å². The van der Waals surface area contributed by atoms with Crippen LogP contribution in [0.4, 0.5) is 0 Å². The summed E-state index contributed by atoms with van der Waals surface area (Å²) < 4.78 is 6.33. The summed E-state index contributed by atoms with van der Waals surface area (Å²) in [5.41, 5.74) is -0.149. The summed E-state index contributed by atoms with van der Waals surface area (Å²) in [6, 6.07) is 0. The summed E-state index contributed by atoms with van der Waals surface area (Å²) in [7, 11) is 0. The third-order valence-corrected chi connectivity index (χ3v) is 8.98. The van der Waals surface area contributed by atoms with Crippen molar-refractivity contribution in [1.29, 1.82) is 0 Å². The molecule has 2 nitrogen and oxygen atoms in total. The first-order valence-electron chi connectivity index (χ1n) is 11.2. The molecule has 2 bridgehead atoms. The minimum absolute atomic E-state index is 0.149. The number of carbonyl (C=O) groups is 1. The van der Waals surface area contributed by atoms with Gasteiger partial charge in [0.15, 0.2) is 0 Å². The zero-order valence-electron chi connectivity index (χ0n) is 16.8. The standard InChI is InChI=1S/C23H38O2/c1-5-15-11-16(6-2)21-18-12-17(20(15)21)13-19(18)22(24)25-23(14(3)4)9-7-8-10-23/h14-21H,5-13H2,1-4H3. The monoisotopic (exact) mass is 346 g/mol. The molecule has 0 amide bonds. The molecule has 0 aromatic heterocycles. The molecule has 25 heavy (non-hydrogen) atoms. The summed E-state index contributed by atoms with van der Waals surface area (Å²) in [6.07, 6.45) is 11.1. The van der Waals surface area contributed by atoms with E-state index in [1.54, 1.807) is 0 Å². The summed E-state index contributed by atoms with van der Waals surface area (Å²) in [5.74, 6) is 5.83. The molecule has 2 heteroatoms. The third-order valence-electron chi connectivity index (χ3n) is 8.98. The minimum Gasteiger partial charge on any atom is -0.459 e. The minimum atomic E-state index is -0.149. The second-order valence-corrected chi connectivity index (χ2v) is 10.1. The smallest absolute Gasteiger partial charge is 0.309 e. The summed E-state index contributed by atoms with van der Waals surface area (Å²) >= 11 is 0. The number of ether oxygens (including phenoxy) is 1. The van der Waals surface area contributed by atoms with Crippen LogP contribution in [0.25, 0.3) is 0 Å². The van der Waals surface area contributed by atoms with Crippen molar-refractivity contribution in [3.8, 4) is 0 Å². The Balaban J connectivity index is 1.49. The molecule has 0 saturated heterocycles. The van der Waals surface area contributed by atoms with Crippen molar-refractivity contribution < 1.29 is 9.53 Å². The van der Waals surface area contributed by atoms with Crippen molar-refractivity contribution in [1.82, 2.24) is 0 Å². The van der Waals surface area contributed by atoms with Gasteiger partial charge in [0.1, 0.15) is 5.60 Å². The van der Waals surface area contributed by atoms with Crippen molar-refractivity contribution in [2.45, 2.75) is 91.1 Å². The van der Waals surface area contributed by atoms with E-state index in [2.05, 4.69) is 27.7 Å². The highest BCUT2D eigenvalue weighted by molar-refractivity contribution is 5.74. The van der Waals surface area contributed by atoms with Crippen molar-refractivity contribution in [2.24, 2.45) is 47.3 Å². The molecular weight excluding hydrogens is 308 g/mol. The zero-order valence-corrected chi connectivity index (χ0v) is 16.8. The number of rotatable bonds is 5. The van der Waals surface area contributed by atoms with Gasteiger partial charge < -0.3 is 4.74 Å². The van der Waals surface area contributed by atoms with E-state index < -0.39 is 0 Å². The second kappa shape index (κ2) is 6.57. The van der Waals surface area contributed by atoms with Crippen LogP contribution in [-0.2, 0) is 9.53 Å². The molecule has 0 radical (unpaired) electrons. The molecule has 0 aliphatic heterocycles. The van der Waals surface area contributed by atoms with Gasteiger partial charge in [0.25, 0.3) is 0 Å². The average Bonchev–Trinajstić information content (AvgIpc) is 3.34. The number of hydrogen-bond donors (Lipinski definition) is 0. The van der Waals surface area contributed by atoms with Gasteiger partial charge in [-0.1, -0.05) is 40.5 Å². The van der Waals surface area contributed by atoms with Gasteiger partial charge in [-0.25, -0.2) is 0 Å². The topological polar surface area (TPSA) is 26.3 Å². The number of esters is 1. The van der Waals surface area contributed by atoms with Gasteiger partial charge in [-0.2, -0.15) is 0 Å². The van der Waals surface area contributed by atoms with Crippen molar-refractivity contribution in [2.75, 3.05) is 0 Å². The number of hydrogen-bond acceptors (Lipinski definition) is 2. The molecule has 7 atom stereocenters. The molecule has 0 N–H and O–H groups in total. The van der Waals surface area contributed by atoms with E-state index in [1.807, 2.05) is 0 Å². The van der Waals surface area contributed by atoms with Crippen LogP contribution < -0.4 is 0 Å². The van der Waals surface area contributed by atoms with Crippen LogP contribution >= 0.6 is 0 Å². The summed E-state index contributed by atoms with van der Waals surface area (Å²) in [4.78, 5) is 13.2. The van der Waals surface area contributed by atoms with Gasteiger partial charge in [0, 0.05) is 0 Å². The maximum absolute atomic E-state index is 13.2. The van der Waals surface area contributed by atoms with E-state index in [-0.39, 0.29) is 17.5 Å². The fourth-order valence-electron chi connectivity index (χ4n) is 7.71. The quantitative estimate of drug-likeness (QED) is 0.584. The Morgan fingerprint density at radius 3 is 2.24 bits per heavy atom. The first-order chi connectivity index (χ1) is 12.0. The van der Waals surface area contributed by atoms with Crippen LogP contribution in [0.2, 0.25) is 0 Å². The molecule has 0 heterocycles. The van der Waals surface area contributed by atoms with Crippen molar-refractivity contribution in [3.05, 3.63) is 0 Å². The van der Waals surface area contributed by atoms with Crippen LogP contribution in [0.15, 0.2) is 0 Å². The normalized spacial score (nSPS) is 44.4. The van der Waals surface area contributed by atoms with Gasteiger partial charge in [0.05, 0.1) is 5.92 Å². The first-order valence-corrected chi connectivity index (χ1v) is 11.2. The lowest BCUT2D eigenvalue weighted by Crippen LogP contribution is -2.42. The molecule has 7 unspecified atom stereocenters. The Labute approximate surface area is 154 Å². The predicted octanol–water partition coefficient (Wildman–Crippen LogP) is 5.84. The highest BCUT2D eigenvalue weighted by Gasteiger charge is 2.61. The molecule has 142 valence electrons. The Hall–Kier alpha value is -0.530. The van der Waals surface area contributed by atoms with Crippen LogP contribution in [0.5, 0.6) is 0 Å². The Bertz CT molecular complexity index is 504. The highest BCUT2D eigenvalue weighted by Crippen LogP contribution is 2.65. The molecule has 0 aromatic carbocycles. The van der Waals surface area contributed by atoms with Crippen LogP contribution in [0, 0.1) is 47.3 Å². The van der Waals surface area contributed by atoms with Gasteiger partial charge >= 0.3 is 5.97 Å². The Morgan fingerprint density at radius 2 is 1.64 bits per heavy atom. The van der Waals surface area contributed by atoms with Crippen molar-refractivity contribution >= 4 is 5.97 Å². The van der Waals surface area contributed by atoms with Gasteiger partial charge in [-0.05, 0) is 86.4 Å². The lowest BCUT2D eigenvalue weighted by molar-refractivity contribution is -0.173. The third kappa shape index (κ3) is 2.69. The fourth-order valence-corrected chi connectivity index (χ4v) is 7.71. The molecule has 4 fully saturated rings. The molecular formula is C23H38O2. The molecule has 4 aliphatic rings. The summed E-state index contributed by atoms with van der Waals surface area (Å²) in [6.45, 7) is 9.23. The lowest BCUT2D eigenvalue weighted by Gasteiger charge is -2.38. The highest BCUT2D eigenvalue weighted by atomic mass is 16.6. The molecule has 0 spiro atoms. The average molecular weight is 347 g/mol. The second-order valence-electron chi connectivity index (χ2n) is 10.1. The van der Waals surface area contributed by atoms with Crippen LogP contribution in [0.1, 0.15) is 85.5 Å². The van der Waals surface area contributed by atoms with E-state index >= 15 is 0 Å². The zero-order chi connectivity index (χ0) is 17.8. The SMILES string of the molecule is CCC1CC(CC)C2C3CC(CC3C(=O)OC3(C(C)C)CCCC3)C12. The fraction of sp³-hybridized carbons (Fsp3) is 0.957. The molecule has 4 aliphatic carbocycles. The molecule has 4 saturated carbocycles. The van der Waals surface area contributed by atoms with Gasteiger partial charge in [0.2, 0.25) is 0 Å². The Morgan fingerprint density at radius 1 is 1.00 bits per heavy atom. The molecule has 0 aromatic rings. The van der Waals surface area contributed by atoms with E-state index in [0.717, 1.165) is 48.9 Å². The van der Waals surface area contributed by atoms with Gasteiger partial charge in [-0.15, -0.1) is 0 Å². The first kappa shape index (κ1) is 17.9. The van der Waals surface area contributed by atoms with Crippen molar-refractivity contribution in [3.63, 3.8) is 0 Å². The van der Waals surface area contributed by atoms with E-state index in [0.29, 0.717) is 11.8 Å². The van der Waals surface area contributed by atoms with Crippen LogP contribution in [0.3, 0.4) is 0 Å². The maximum atomic E-state index is 13.2. The molecule has 4 rings (SSSR count). The Kier molecular flexibility index (Phi) is 4.69. The van der Waals surface area contributed by atoms with E-state index in [1.165, 1.54) is 38.5 Å². The van der Waals surface area contributed by atoms with Crippen LogP contribution in [-0.4, -0.2) is 11.6 Å². The summed E-state index contributed by atoms with van der Waals surface area (Å²) in [5, 5.41) is 0. The number of carbonyl (C=O) groups excluding carboxylic acids is 1. The largest absolute Gasteiger partial charge is 0.459 e. The predicted molar refractivity (Wildman–Crippen MR) is 101 cm³/mol. The maximum Gasteiger partial charge on any atom is 0.309 e. The van der Waals surface area contributed by atoms with Gasteiger partial charge in [-0.3, -0.25) is 4.79 Å². The lowest BCUT2D eigenvalue weighted by atomic mass is 9.70. The van der Waals surface area contributed by atoms with E-state index in [4.69, 9.17) is 4.74 Å².